The summed E-state index contributed by atoms with van der Waals surface area (Å²) in [5.41, 5.74) is 6.60. The average molecular weight is 241 g/mol. The van der Waals surface area contributed by atoms with Gasteiger partial charge in [0.05, 0.1) is 24.4 Å². The van der Waals surface area contributed by atoms with Crippen LogP contribution in [0.1, 0.15) is 19.0 Å². The predicted octanol–water partition coefficient (Wildman–Crippen LogP) is 2.28. The number of carbonyl (C=O) groups excluding carboxylic acids is 1. The Labute approximate surface area is 99.1 Å². The van der Waals surface area contributed by atoms with Crippen molar-refractivity contribution in [2.75, 3.05) is 12.3 Å². The molecule has 0 aliphatic heterocycles. The molecule has 0 saturated heterocycles. The van der Waals surface area contributed by atoms with Crippen LogP contribution >= 0.6 is 11.6 Å². The molecule has 0 bridgehead atoms. The Morgan fingerprint density at radius 1 is 1.62 bits per heavy atom. The highest BCUT2D eigenvalue weighted by Gasteiger charge is 1.99. The maximum Gasteiger partial charge on any atom is 0.309 e. The van der Waals surface area contributed by atoms with E-state index in [0.29, 0.717) is 18.0 Å². The standard InChI is InChI=1S/C11H13ClN2O2/c1-2-16-10(15)5-3-4-8-6-7-9(13)11(12)14-8/h3-4,6-7H,2,5,13H2,1H3. The number of carbonyl (C=O) groups is 1. The summed E-state index contributed by atoms with van der Waals surface area (Å²) in [5, 5.41) is 0.262. The zero-order chi connectivity index (χ0) is 12.0. The van der Waals surface area contributed by atoms with E-state index in [1.165, 1.54) is 0 Å². The summed E-state index contributed by atoms with van der Waals surface area (Å²) in [5.74, 6) is -0.264. The van der Waals surface area contributed by atoms with E-state index in [1.807, 2.05) is 0 Å². The summed E-state index contributed by atoms with van der Waals surface area (Å²) in [6.45, 7) is 2.15. The van der Waals surface area contributed by atoms with Gasteiger partial charge >= 0.3 is 5.97 Å². The second-order valence-corrected chi connectivity index (χ2v) is 3.39. The normalized spacial score (nSPS) is 10.6. The van der Waals surface area contributed by atoms with E-state index in [4.69, 9.17) is 22.1 Å². The third-order valence-corrected chi connectivity index (χ3v) is 2.08. The number of nitrogens with zero attached hydrogens (tertiary/aromatic N) is 1. The zero-order valence-electron chi connectivity index (χ0n) is 8.94. The first-order chi connectivity index (χ1) is 7.63. The molecule has 0 amide bonds. The van der Waals surface area contributed by atoms with Crippen LogP contribution < -0.4 is 5.73 Å². The van der Waals surface area contributed by atoms with E-state index < -0.39 is 0 Å². The predicted molar refractivity (Wildman–Crippen MR) is 63.9 cm³/mol. The SMILES string of the molecule is CCOC(=O)CC=Cc1ccc(N)c(Cl)n1. The van der Waals surface area contributed by atoms with Crippen LogP contribution in [0.25, 0.3) is 6.08 Å². The van der Waals surface area contributed by atoms with Crippen LogP contribution in [-0.4, -0.2) is 17.6 Å². The van der Waals surface area contributed by atoms with Gasteiger partial charge in [-0.3, -0.25) is 4.79 Å². The van der Waals surface area contributed by atoms with Crippen molar-refractivity contribution in [3.8, 4) is 0 Å². The lowest BCUT2D eigenvalue weighted by molar-refractivity contribution is -0.142. The van der Waals surface area contributed by atoms with Gasteiger partial charge in [-0.05, 0) is 25.1 Å². The van der Waals surface area contributed by atoms with Crippen molar-refractivity contribution >= 4 is 29.3 Å². The van der Waals surface area contributed by atoms with E-state index in [1.54, 1.807) is 31.2 Å². The van der Waals surface area contributed by atoms with Crippen LogP contribution in [0.2, 0.25) is 5.15 Å². The molecular formula is C11H13ClN2O2. The van der Waals surface area contributed by atoms with Gasteiger partial charge in [0, 0.05) is 0 Å². The summed E-state index contributed by atoms with van der Waals surface area (Å²) in [4.78, 5) is 15.0. The molecule has 1 aromatic rings. The minimum absolute atomic E-state index is 0.220. The molecule has 2 N–H and O–H groups in total. The van der Waals surface area contributed by atoms with Gasteiger partial charge in [-0.15, -0.1) is 0 Å². The Morgan fingerprint density at radius 3 is 3.00 bits per heavy atom. The Kier molecular flexibility index (Phi) is 4.79. The number of rotatable bonds is 4. The fourth-order valence-corrected chi connectivity index (χ4v) is 1.21. The summed E-state index contributed by atoms with van der Waals surface area (Å²) in [6, 6.07) is 3.39. The third-order valence-electron chi connectivity index (χ3n) is 1.78. The monoisotopic (exact) mass is 240 g/mol. The van der Waals surface area contributed by atoms with Gasteiger partial charge < -0.3 is 10.5 Å². The highest BCUT2D eigenvalue weighted by molar-refractivity contribution is 6.31. The number of ether oxygens (including phenoxy) is 1. The van der Waals surface area contributed by atoms with Crippen molar-refractivity contribution < 1.29 is 9.53 Å². The first kappa shape index (κ1) is 12.5. The van der Waals surface area contributed by atoms with Crippen LogP contribution in [-0.2, 0) is 9.53 Å². The van der Waals surface area contributed by atoms with E-state index in [0.717, 1.165) is 0 Å². The summed E-state index contributed by atoms with van der Waals surface area (Å²) < 4.78 is 4.77. The van der Waals surface area contributed by atoms with E-state index in [2.05, 4.69) is 4.98 Å². The Morgan fingerprint density at radius 2 is 2.38 bits per heavy atom. The smallest absolute Gasteiger partial charge is 0.309 e. The van der Waals surface area contributed by atoms with Gasteiger partial charge in [0.25, 0.3) is 0 Å². The van der Waals surface area contributed by atoms with Crippen LogP contribution in [0.15, 0.2) is 18.2 Å². The Hall–Kier alpha value is -1.55. The van der Waals surface area contributed by atoms with Crippen LogP contribution in [0, 0.1) is 0 Å². The van der Waals surface area contributed by atoms with Gasteiger partial charge in [-0.1, -0.05) is 17.7 Å². The molecule has 86 valence electrons. The fraction of sp³-hybridized carbons (Fsp3) is 0.273. The van der Waals surface area contributed by atoms with Crippen molar-refractivity contribution in [3.05, 3.63) is 29.1 Å². The molecule has 0 aliphatic carbocycles. The third kappa shape index (κ3) is 3.90. The topological polar surface area (TPSA) is 65.2 Å². The number of aromatic nitrogens is 1. The molecule has 0 radical (unpaired) electrons. The molecule has 0 spiro atoms. The maximum atomic E-state index is 11.0. The van der Waals surface area contributed by atoms with Crippen LogP contribution in [0.4, 0.5) is 5.69 Å². The number of nitrogens with two attached hydrogens (primary N) is 1. The summed E-state index contributed by atoms with van der Waals surface area (Å²) in [7, 11) is 0. The Balaban J connectivity index is 2.56. The molecule has 0 aliphatic rings. The lowest BCUT2D eigenvalue weighted by Gasteiger charge is -1.98. The molecule has 0 aromatic carbocycles. The lowest BCUT2D eigenvalue weighted by atomic mass is 10.3. The Bertz CT molecular complexity index is 405. The second kappa shape index (κ2) is 6.12. The van der Waals surface area contributed by atoms with Crippen molar-refractivity contribution in [2.24, 2.45) is 0 Å². The first-order valence-electron chi connectivity index (χ1n) is 4.87. The van der Waals surface area contributed by atoms with Crippen molar-refractivity contribution in [1.82, 2.24) is 4.98 Å². The van der Waals surface area contributed by atoms with Gasteiger partial charge in [0.1, 0.15) is 0 Å². The molecule has 0 saturated carbocycles. The molecule has 0 unspecified atom stereocenters. The first-order valence-corrected chi connectivity index (χ1v) is 5.25. The van der Waals surface area contributed by atoms with Gasteiger partial charge in [-0.2, -0.15) is 0 Å². The van der Waals surface area contributed by atoms with Crippen LogP contribution in [0.3, 0.4) is 0 Å². The van der Waals surface area contributed by atoms with E-state index in [9.17, 15) is 4.79 Å². The van der Waals surface area contributed by atoms with Crippen molar-refractivity contribution in [2.45, 2.75) is 13.3 Å². The quantitative estimate of drug-likeness (QED) is 0.648. The number of halogens is 1. The maximum absolute atomic E-state index is 11.0. The molecular weight excluding hydrogens is 228 g/mol. The van der Waals surface area contributed by atoms with E-state index >= 15 is 0 Å². The van der Waals surface area contributed by atoms with E-state index in [-0.39, 0.29) is 17.5 Å². The van der Waals surface area contributed by atoms with Gasteiger partial charge in [0.15, 0.2) is 5.15 Å². The number of esters is 1. The van der Waals surface area contributed by atoms with Crippen molar-refractivity contribution in [3.63, 3.8) is 0 Å². The molecule has 16 heavy (non-hydrogen) atoms. The molecule has 1 rings (SSSR count). The number of anilines is 1. The fourth-order valence-electron chi connectivity index (χ4n) is 1.05. The minimum atomic E-state index is -0.264. The molecule has 4 nitrogen and oxygen atoms in total. The molecule has 1 aromatic heterocycles. The average Bonchev–Trinajstić information content (AvgIpc) is 2.24. The molecule has 1 heterocycles. The number of hydrogen-bond acceptors (Lipinski definition) is 4. The highest BCUT2D eigenvalue weighted by Crippen LogP contribution is 2.16. The number of nitrogen functional groups attached to an aromatic ring is 1. The molecule has 0 fully saturated rings. The minimum Gasteiger partial charge on any atom is -0.466 e. The summed E-state index contributed by atoms with van der Waals surface area (Å²) in [6.07, 6.45) is 3.59. The molecule has 0 atom stereocenters. The summed E-state index contributed by atoms with van der Waals surface area (Å²) >= 11 is 5.74. The highest BCUT2D eigenvalue weighted by atomic mass is 35.5. The van der Waals surface area contributed by atoms with Gasteiger partial charge in [-0.25, -0.2) is 4.98 Å². The van der Waals surface area contributed by atoms with Crippen molar-refractivity contribution in [1.29, 1.82) is 0 Å². The van der Waals surface area contributed by atoms with Gasteiger partial charge in [0.2, 0.25) is 0 Å². The second-order valence-electron chi connectivity index (χ2n) is 3.03. The zero-order valence-corrected chi connectivity index (χ0v) is 9.70. The number of pyridine rings is 1. The largest absolute Gasteiger partial charge is 0.466 e. The van der Waals surface area contributed by atoms with Crippen LogP contribution in [0.5, 0.6) is 0 Å². The molecule has 5 heteroatoms. The number of hydrogen-bond donors (Lipinski definition) is 1. The lowest BCUT2D eigenvalue weighted by Crippen LogP contribution is -2.01.